The second-order valence-electron chi connectivity index (χ2n) is 8.21. The third-order valence-corrected chi connectivity index (χ3v) is 6.69. The van der Waals surface area contributed by atoms with Gasteiger partial charge in [-0.25, -0.2) is 0 Å². The summed E-state index contributed by atoms with van der Waals surface area (Å²) < 4.78 is 0. The lowest BCUT2D eigenvalue weighted by Gasteiger charge is -2.45. The maximum Gasteiger partial charge on any atom is 0.0406 e. The topological polar surface area (TPSA) is 3.24 Å². The summed E-state index contributed by atoms with van der Waals surface area (Å²) in [6.07, 6.45) is 9.45. The van der Waals surface area contributed by atoms with Crippen molar-refractivity contribution in [2.75, 3.05) is 13.1 Å². The lowest BCUT2D eigenvalue weighted by atomic mass is 9.75. The zero-order valence-corrected chi connectivity index (χ0v) is 16.4. The van der Waals surface area contributed by atoms with Crippen LogP contribution in [0, 0.1) is 11.8 Å². The van der Waals surface area contributed by atoms with Gasteiger partial charge in [-0.2, -0.15) is 0 Å². The van der Waals surface area contributed by atoms with Gasteiger partial charge < -0.3 is 0 Å². The quantitative estimate of drug-likeness (QED) is 0.561. The molecule has 0 spiro atoms. The van der Waals surface area contributed by atoms with Crippen LogP contribution in [-0.2, 0) is 6.42 Å². The van der Waals surface area contributed by atoms with Gasteiger partial charge in [-0.05, 0) is 80.2 Å². The predicted molar refractivity (Wildman–Crippen MR) is 111 cm³/mol. The smallest absolute Gasteiger partial charge is 0.0406 e. The molecule has 1 aliphatic carbocycles. The number of rotatable bonds is 6. The van der Waals surface area contributed by atoms with E-state index in [1.807, 2.05) is 0 Å². The van der Waals surface area contributed by atoms with Crippen LogP contribution in [0.25, 0.3) is 0 Å². The van der Waals surface area contributed by atoms with Crippen molar-refractivity contribution in [3.05, 3.63) is 70.7 Å². The molecule has 1 nitrogen and oxygen atoms in total. The van der Waals surface area contributed by atoms with Gasteiger partial charge in [0.25, 0.3) is 0 Å². The van der Waals surface area contributed by atoms with Gasteiger partial charge in [0.15, 0.2) is 0 Å². The molecule has 1 saturated carbocycles. The van der Waals surface area contributed by atoms with E-state index in [-0.39, 0.29) is 0 Å². The molecule has 1 aliphatic heterocycles. The average molecular weight is 368 g/mol. The minimum atomic E-state index is 0.598. The molecule has 0 N–H and O–H groups in total. The minimum absolute atomic E-state index is 0.598. The fourth-order valence-corrected chi connectivity index (χ4v) is 4.92. The van der Waals surface area contributed by atoms with E-state index in [4.69, 9.17) is 11.6 Å². The van der Waals surface area contributed by atoms with Gasteiger partial charge in [-0.1, -0.05) is 60.5 Å². The first kappa shape index (κ1) is 18.1. The van der Waals surface area contributed by atoms with Gasteiger partial charge in [0.1, 0.15) is 0 Å². The highest BCUT2D eigenvalue weighted by Crippen LogP contribution is 2.43. The number of benzene rings is 2. The van der Waals surface area contributed by atoms with Gasteiger partial charge in [0.2, 0.25) is 0 Å². The summed E-state index contributed by atoms with van der Waals surface area (Å²) in [4.78, 5) is 2.80. The molecule has 1 heterocycles. The molecule has 26 heavy (non-hydrogen) atoms. The lowest BCUT2D eigenvalue weighted by Crippen LogP contribution is -2.42. The summed E-state index contributed by atoms with van der Waals surface area (Å²) in [5.74, 6) is 1.67. The van der Waals surface area contributed by atoms with Crippen molar-refractivity contribution in [2.24, 2.45) is 11.8 Å². The SMILES string of the molecule is Clc1ccc(C(C2CCC2)N2CCCC(CCc3ccccc3)C2)cc1. The van der Waals surface area contributed by atoms with Crippen LogP contribution in [0.15, 0.2) is 54.6 Å². The monoisotopic (exact) mass is 367 g/mol. The van der Waals surface area contributed by atoms with Crippen LogP contribution < -0.4 is 0 Å². The van der Waals surface area contributed by atoms with E-state index in [0.717, 1.165) is 16.9 Å². The highest BCUT2D eigenvalue weighted by molar-refractivity contribution is 6.30. The summed E-state index contributed by atoms with van der Waals surface area (Å²) in [5, 5.41) is 0.848. The number of hydrogen-bond acceptors (Lipinski definition) is 1. The molecule has 138 valence electrons. The van der Waals surface area contributed by atoms with Gasteiger partial charge >= 0.3 is 0 Å². The third-order valence-electron chi connectivity index (χ3n) is 6.44. The highest BCUT2D eigenvalue weighted by atomic mass is 35.5. The normalized spacial score (nSPS) is 22.7. The maximum absolute atomic E-state index is 6.14. The molecule has 2 atom stereocenters. The first-order valence-electron chi connectivity index (χ1n) is 10.3. The first-order chi connectivity index (χ1) is 12.8. The molecule has 1 saturated heterocycles. The summed E-state index contributed by atoms with van der Waals surface area (Å²) in [6, 6.07) is 20.2. The molecular weight excluding hydrogens is 338 g/mol. The zero-order chi connectivity index (χ0) is 17.8. The Balaban J connectivity index is 1.43. The molecule has 4 rings (SSSR count). The number of hydrogen-bond donors (Lipinski definition) is 0. The van der Waals surface area contributed by atoms with Crippen LogP contribution in [0.3, 0.4) is 0 Å². The van der Waals surface area contributed by atoms with E-state index in [0.29, 0.717) is 6.04 Å². The van der Waals surface area contributed by atoms with E-state index in [9.17, 15) is 0 Å². The Bertz CT molecular complexity index is 677. The molecule has 2 aliphatic rings. The van der Waals surface area contributed by atoms with Crippen molar-refractivity contribution in [1.29, 1.82) is 0 Å². The summed E-state index contributed by atoms with van der Waals surface area (Å²) in [6.45, 7) is 2.52. The molecule has 2 aromatic rings. The second kappa shape index (κ2) is 8.59. The Hall–Kier alpha value is -1.31. The zero-order valence-electron chi connectivity index (χ0n) is 15.6. The van der Waals surface area contributed by atoms with E-state index < -0.39 is 0 Å². The van der Waals surface area contributed by atoms with Crippen molar-refractivity contribution >= 4 is 11.6 Å². The molecule has 0 amide bonds. The van der Waals surface area contributed by atoms with Crippen LogP contribution in [0.4, 0.5) is 0 Å². The Labute approximate surface area is 163 Å². The average Bonchev–Trinajstić information content (AvgIpc) is 2.65. The Morgan fingerprint density at radius 2 is 1.69 bits per heavy atom. The lowest BCUT2D eigenvalue weighted by molar-refractivity contribution is 0.0542. The number of aryl methyl sites for hydroxylation is 1. The molecule has 2 heteroatoms. The van der Waals surface area contributed by atoms with Crippen molar-refractivity contribution < 1.29 is 0 Å². The third kappa shape index (κ3) is 4.32. The number of halogens is 1. The van der Waals surface area contributed by atoms with Gasteiger partial charge in [-0.15, -0.1) is 0 Å². The fourth-order valence-electron chi connectivity index (χ4n) is 4.80. The van der Waals surface area contributed by atoms with Crippen LogP contribution in [0.5, 0.6) is 0 Å². The maximum atomic E-state index is 6.14. The largest absolute Gasteiger partial charge is 0.296 e. The van der Waals surface area contributed by atoms with Crippen LogP contribution in [0.2, 0.25) is 5.02 Å². The van der Waals surface area contributed by atoms with E-state index in [1.165, 1.54) is 69.2 Å². The molecular formula is C24H30ClN. The molecule has 0 radical (unpaired) electrons. The van der Waals surface area contributed by atoms with Gasteiger partial charge in [0.05, 0.1) is 0 Å². The second-order valence-corrected chi connectivity index (χ2v) is 8.65. The van der Waals surface area contributed by atoms with E-state index in [1.54, 1.807) is 0 Å². The van der Waals surface area contributed by atoms with Crippen LogP contribution >= 0.6 is 11.6 Å². The first-order valence-corrected chi connectivity index (χ1v) is 10.7. The number of piperidine rings is 1. The van der Waals surface area contributed by atoms with E-state index in [2.05, 4.69) is 59.5 Å². The predicted octanol–water partition coefficient (Wildman–Crippen LogP) is 6.53. The Morgan fingerprint density at radius 3 is 2.38 bits per heavy atom. The summed E-state index contributed by atoms with van der Waals surface area (Å²) in [7, 11) is 0. The highest BCUT2D eigenvalue weighted by Gasteiger charge is 2.35. The molecule has 0 bridgehead atoms. The van der Waals surface area contributed by atoms with Crippen molar-refractivity contribution in [3.8, 4) is 0 Å². The molecule has 2 unspecified atom stereocenters. The van der Waals surface area contributed by atoms with Crippen LogP contribution in [0.1, 0.15) is 55.7 Å². The van der Waals surface area contributed by atoms with Crippen molar-refractivity contribution in [3.63, 3.8) is 0 Å². The Morgan fingerprint density at radius 1 is 0.923 bits per heavy atom. The molecule has 0 aromatic heterocycles. The molecule has 2 fully saturated rings. The van der Waals surface area contributed by atoms with Crippen molar-refractivity contribution in [2.45, 2.75) is 51.0 Å². The summed E-state index contributed by atoms with van der Waals surface area (Å²) in [5.41, 5.74) is 2.96. The Kier molecular flexibility index (Phi) is 5.97. The van der Waals surface area contributed by atoms with Gasteiger partial charge in [0, 0.05) is 17.6 Å². The van der Waals surface area contributed by atoms with Gasteiger partial charge in [-0.3, -0.25) is 4.90 Å². The van der Waals surface area contributed by atoms with E-state index >= 15 is 0 Å². The summed E-state index contributed by atoms with van der Waals surface area (Å²) >= 11 is 6.14. The standard InChI is InChI=1S/C24H30ClN/c25-23-15-13-22(14-16-23)24(21-9-4-10-21)26-17-5-8-20(18-26)12-11-19-6-2-1-3-7-19/h1-3,6-7,13-16,20-21,24H,4-5,8-12,17-18H2. The fraction of sp³-hybridized carbons (Fsp3) is 0.500. The minimum Gasteiger partial charge on any atom is -0.296 e. The van der Waals surface area contributed by atoms with Crippen molar-refractivity contribution in [1.82, 2.24) is 4.90 Å². The number of nitrogens with zero attached hydrogens (tertiary/aromatic N) is 1. The van der Waals surface area contributed by atoms with Crippen LogP contribution in [-0.4, -0.2) is 18.0 Å². The molecule has 2 aromatic carbocycles. The number of likely N-dealkylation sites (tertiary alicyclic amines) is 1.